The molecule has 1 unspecified atom stereocenters. The van der Waals surface area contributed by atoms with E-state index in [1.165, 1.54) is 11.3 Å². The van der Waals surface area contributed by atoms with Crippen molar-refractivity contribution in [1.29, 1.82) is 0 Å². The third-order valence-electron chi connectivity index (χ3n) is 3.14. The Morgan fingerprint density at radius 1 is 1.68 bits per heavy atom. The van der Waals surface area contributed by atoms with Crippen molar-refractivity contribution in [2.75, 3.05) is 37.8 Å². The first-order valence-corrected chi connectivity index (χ1v) is 7.29. The molecule has 2 heterocycles. The number of hydrogen-bond acceptors (Lipinski definition) is 6. The Morgan fingerprint density at radius 3 is 3.11 bits per heavy atom. The molecule has 106 valence electrons. The summed E-state index contributed by atoms with van der Waals surface area (Å²) in [5.41, 5.74) is 5.83. The van der Waals surface area contributed by atoms with Crippen LogP contribution in [0.1, 0.15) is 29.4 Å². The highest BCUT2D eigenvalue weighted by molar-refractivity contribution is 7.18. The molecule has 1 aromatic heterocycles. The predicted octanol–water partition coefficient (Wildman–Crippen LogP) is 1.41. The van der Waals surface area contributed by atoms with Crippen LogP contribution in [0.4, 0.5) is 10.9 Å². The summed E-state index contributed by atoms with van der Waals surface area (Å²) < 4.78 is 5.27. The van der Waals surface area contributed by atoms with Gasteiger partial charge in [-0.3, -0.25) is 4.79 Å². The second-order valence-electron chi connectivity index (χ2n) is 4.56. The number of nitrogens with zero attached hydrogens (tertiary/aromatic N) is 2. The highest BCUT2D eigenvalue weighted by Crippen LogP contribution is 2.27. The highest BCUT2D eigenvalue weighted by Gasteiger charge is 2.29. The van der Waals surface area contributed by atoms with E-state index in [0.29, 0.717) is 28.9 Å². The van der Waals surface area contributed by atoms with Gasteiger partial charge in [0.2, 0.25) is 0 Å². The first-order chi connectivity index (χ1) is 9.15. The molecule has 0 bridgehead atoms. The van der Waals surface area contributed by atoms with Crippen LogP contribution in [-0.2, 0) is 4.74 Å². The van der Waals surface area contributed by atoms with Crippen LogP contribution in [0.15, 0.2) is 0 Å². The number of hydrogen-bond donors (Lipinski definition) is 2. The molecule has 1 amide bonds. The number of nitrogens with two attached hydrogens (primary N) is 1. The Hall–Kier alpha value is -1.34. The molecule has 3 N–H and O–H groups in total. The number of amides is 1. The monoisotopic (exact) mass is 284 g/mol. The lowest BCUT2D eigenvalue weighted by Gasteiger charge is -2.14. The van der Waals surface area contributed by atoms with Gasteiger partial charge in [0.15, 0.2) is 5.13 Å². The van der Waals surface area contributed by atoms with Gasteiger partial charge in [0.05, 0.1) is 6.10 Å². The number of nitrogens with one attached hydrogen (secondary N) is 1. The van der Waals surface area contributed by atoms with Crippen molar-refractivity contribution in [1.82, 2.24) is 9.88 Å². The molecule has 1 aliphatic rings. The summed E-state index contributed by atoms with van der Waals surface area (Å²) in [6.07, 6.45) is 2.02. The summed E-state index contributed by atoms with van der Waals surface area (Å²) in [5.74, 6) is 0.272. The Labute approximate surface area is 116 Å². The first-order valence-electron chi connectivity index (χ1n) is 6.48. The van der Waals surface area contributed by atoms with Gasteiger partial charge in [-0.15, -0.1) is 0 Å². The lowest BCUT2D eigenvalue weighted by molar-refractivity contribution is 0.0729. The zero-order chi connectivity index (χ0) is 13.8. The normalized spacial score (nSPS) is 18.8. The zero-order valence-corrected chi connectivity index (χ0v) is 12.1. The van der Waals surface area contributed by atoms with Crippen molar-refractivity contribution in [3.8, 4) is 0 Å². The smallest absolute Gasteiger partial charge is 0.267 e. The molecular weight excluding hydrogens is 264 g/mol. The predicted molar refractivity (Wildman–Crippen MR) is 76.6 cm³/mol. The molecule has 0 saturated carbocycles. The third kappa shape index (κ3) is 3.16. The van der Waals surface area contributed by atoms with Crippen molar-refractivity contribution in [2.24, 2.45) is 0 Å². The largest absolute Gasteiger partial charge is 0.382 e. The molecule has 0 radical (unpaired) electrons. The minimum absolute atomic E-state index is 0.0425. The maximum atomic E-state index is 12.3. The van der Waals surface area contributed by atoms with Gasteiger partial charge in [0.1, 0.15) is 10.7 Å². The van der Waals surface area contributed by atoms with Crippen molar-refractivity contribution in [3.63, 3.8) is 0 Å². The van der Waals surface area contributed by atoms with Gasteiger partial charge < -0.3 is 20.7 Å². The van der Waals surface area contributed by atoms with E-state index in [1.54, 1.807) is 12.0 Å². The third-order valence-corrected chi connectivity index (χ3v) is 4.16. The van der Waals surface area contributed by atoms with Gasteiger partial charge in [0.25, 0.3) is 5.91 Å². The van der Waals surface area contributed by atoms with Crippen LogP contribution in [0.3, 0.4) is 0 Å². The Balaban J connectivity index is 2.04. The van der Waals surface area contributed by atoms with Crippen molar-refractivity contribution >= 4 is 28.2 Å². The molecule has 0 spiro atoms. The van der Waals surface area contributed by atoms with Crippen LogP contribution < -0.4 is 11.1 Å². The van der Waals surface area contributed by atoms with Gasteiger partial charge in [0, 0.05) is 26.7 Å². The van der Waals surface area contributed by atoms with Crippen molar-refractivity contribution in [2.45, 2.75) is 25.9 Å². The first kappa shape index (κ1) is 14.1. The molecule has 1 aromatic rings. The van der Waals surface area contributed by atoms with Gasteiger partial charge in [-0.2, -0.15) is 0 Å². The number of rotatable bonds is 5. The summed E-state index contributed by atoms with van der Waals surface area (Å²) in [6, 6.07) is 0. The van der Waals surface area contributed by atoms with Crippen LogP contribution in [0.25, 0.3) is 0 Å². The molecule has 6 nitrogen and oxygen atoms in total. The molecule has 1 aliphatic heterocycles. The van der Waals surface area contributed by atoms with Crippen LogP contribution >= 0.6 is 11.3 Å². The molecule has 0 aromatic carbocycles. The summed E-state index contributed by atoms with van der Waals surface area (Å²) in [4.78, 5) is 18.8. The van der Waals surface area contributed by atoms with E-state index in [9.17, 15) is 4.79 Å². The van der Waals surface area contributed by atoms with E-state index in [4.69, 9.17) is 10.5 Å². The fourth-order valence-electron chi connectivity index (χ4n) is 2.04. The number of carbonyl (C=O) groups excluding carboxylic acids is 1. The second-order valence-corrected chi connectivity index (χ2v) is 5.56. The Morgan fingerprint density at radius 2 is 2.47 bits per heavy atom. The van der Waals surface area contributed by atoms with Crippen molar-refractivity contribution < 1.29 is 9.53 Å². The zero-order valence-electron chi connectivity index (χ0n) is 11.3. The Kier molecular flexibility index (Phi) is 4.60. The van der Waals surface area contributed by atoms with E-state index in [0.717, 1.165) is 19.4 Å². The average molecular weight is 284 g/mol. The van der Waals surface area contributed by atoms with E-state index < -0.39 is 0 Å². The summed E-state index contributed by atoms with van der Waals surface area (Å²) in [5, 5.41) is 3.87. The van der Waals surface area contributed by atoms with Crippen LogP contribution in [-0.4, -0.2) is 48.6 Å². The summed E-state index contributed by atoms with van der Waals surface area (Å²) in [7, 11) is 1.67. The van der Waals surface area contributed by atoms with E-state index in [1.807, 2.05) is 0 Å². The number of ether oxygens (including phenoxy) is 1. The SMILES string of the molecule is CCCNc1nc(N)c(C(=O)N2CCC(OC)C2)s1. The molecule has 2 rings (SSSR count). The van der Waals surface area contributed by atoms with Crippen LogP contribution in [0.5, 0.6) is 0 Å². The van der Waals surface area contributed by atoms with Gasteiger partial charge in [-0.05, 0) is 12.8 Å². The molecule has 1 fully saturated rings. The lowest BCUT2D eigenvalue weighted by Crippen LogP contribution is -2.29. The summed E-state index contributed by atoms with van der Waals surface area (Å²) in [6.45, 7) is 4.25. The van der Waals surface area contributed by atoms with Crippen LogP contribution in [0, 0.1) is 0 Å². The van der Waals surface area contributed by atoms with E-state index in [-0.39, 0.29) is 12.0 Å². The minimum Gasteiger partial charge on any atom is -0.382 e. The fourth-order valence-corrected chi connectivity index (χ4v) is 2.92. The average Bonchev–Trinajstić information content (AvgIpc) is 3.02. The molecule has 0 aliphatic carbocycles. The maximum Gasteiger partial charge on any atom is 0.267 e. The standard InChI is InChI=1S/C12H20N4O2S/c1-3-5-14-12-15-10(13)9(19-12)11(17)16-6-4-8(7-16)18-2/h8H,3-7,13H2,1-2H3,(H,14,15). The number of nitrogen functional groups attached to an aromatic ring is 1. The van der Waals surface area contributed by atoms with Gasteiger partial charge in [-0.25, -0.2) is 4.98 Å². The van der Waals surface area contributed by atoms with Gasteiger partial charge in [-0.1, -0.05) is 18.3 Å². The quantitative estimate of drug-likeness (QED) is 0.854. The number of thiazole rings is 1. The molecule has 1 atom stereocenters. The maximum absolute atomic E-state index is 12.3. The van der Waals surface area contributed by atoms with E-state index in [2.05, 4.69) is 17.2 Å². The topological polar surface area (TPSA) is 80.5 Å². The molecule has 1 saturated heterocycles. The minimum atomic E-state index is -0.0425. The number of aromatic nitrogens is 1. The number of anilines is 2. The van der Waals surface area contributed by atoms with E-state index >= 15 is 0 Å². The number of carbonyl (C=O) groups is 1. The molecular formula is C12H20N4O2S. The lowest BCUT2D eigenvalue weighted by atomic mass is 10.3. The Bertz CT molecular complexity index is 449. The summed E-state index contributed by atoms with van der Waals surface area (Å²) >= 11 is 1.32. The van der Waals surface area contributed by atoms with Crippen LogP contribution in [0.2, 0.25) is 0 Å². The highest BCUT2D eigenvalue weighted by atomic mass is 32.1. The number of methoxy groups -OCH3 is 1. The number of likely N-dealkylation sites (tertiary alicyclic amines) is 1. The van der Waals surface area contributed by atoms with Gasteiger partial charge >= 0.3 is 0 Å². The second kappa shape index (κ2) is 6.21. The van der Waals surface area contributed by atoms with Crippen molar-refractivity contribution in [3.05, 3.63) is 4.88 Å². The fraction of sp³-hybridized carbons (Fsp3) is 0.667. The molecule has 7 heteroatoms. The molecule has 19 heavy (non-hydrogen) atoms.